The Labute approximate surface area is 135 Å². The van der Waals surface area contributed by atoms with E-state index in [1.54, 1.807) is 23.5 Å². The molecule has 0 aliphatic heterocycles. The van der Waals surface area contributed by atoms with Crippen LogP contribution in [-0.4, -0.2) is 29.7 Å². The van der Waals surface area contributed by atoms with Crippen molar-refractivity contribution in [3.63, 3.8) is 0 Å². The Bertz CT molecular complexity index is 693. The number of hydrogen-bond donors (Lipinski definition) is 2. The van der Waals surface area contributed by atoms with Crippen molar-refractivity contribution in [1.29, 1.82) is 0 Å². The molecule has 10 heteroatoms. The summed E-state index contributed by atoms with van der Waals surface area (Å²) in [6, 6.07) is 8.33. The highest BCUT2D eigenvalue weighted by molar-refractivity contribution is 7.98. The lowest BCUT2D eigenvalue weighted by Crippen LogP contribution is -2.07. The van der Waals surface area contributed by atoms with E-state index >= 15 is 0 Å². The zero-order valence-electron chi connectivity index (χ0n) is 11.5. The Morgan fingerprint density at radius 3 is 1.77 bits per heavy atom. The maximum absolute atomic E-state index is 5.69. The second-order valence-electron chi connectivity index (χ2n) is 4.44. The molecule has 22 heavy (non-hydrogen) atoms. The molecule has 0 aliphatic rings. The van der Waals surface area contributed by atoms with Crippen LogP contribution < -0.4 is 11.7 Å². The molecule has 4 N–H and O–H groups in total. The van der Waals surface area contributed by atoms with Gasteiger partial charge in [0.2, 0.25) is 10.3 Å². The van der Waals surface area contributed by atoms with E-state index in [1.807, 2.05) is 6.07 Å². The van der Waals surface area contributed by atoms with E-state index in [-0.39, 0.29) is 0 Å². The molecule has 114 valence electrons. The predicted molar refractivity (Wildman–Crippen MR) is 85.9 cm³/mol. The van der Waals surface area contributed by atoms with Crippen molar-refractivity contribution >= 4 is 23.5 Å². The maximum Gasteiger partial charge on any atom is 0.209 e. The number of benzene rings is 1. The molecular weight excluding hydrogens is 320 g/mol. The average molecular weight is 334 g/mol. The van der Waals surface area contributed by atoms with E-state index in [9.17, 15) is 0 Å². The van der Waals surface area contributed by atoms with Crippen LogP contribution in [-0.2, 0) is 11.5 Å². The molecule has 2 heterocycles. The van der Waals surface area contributed by atoms with Crippen LogP contribution in [0.2, 0.25) is 0 Å². The molecule has 0 bridgehead atoms. The van der Waals surface area contributed by atoms with Crippen molar-refractivity contribution in [1.82, 2.24) is 29.7 Å². The zero-order valence-corrected chi connectivity index (χ0v) is 13.2. The number of hydrogen-bond acceptors (Lipinski definition) is 8. The average Bonchev–Trinajstić information content (AvgIpc) is 3.12. The number of nitrogens with zero attached hydrogens (tertiary/aromatic N) is 6. The maximum atomic E-state index is 5.69. The van der Waals surface area contributed by atoms with Gasteiger partial charge in [0.1, 0.15) is 12.7 Å². The lowest BCUT2D eigenvalue weighted by atomic mass is 10.2. The quantitative estimate of drug-likeness (QED) is 0.504. The second-order valence-corrected chi connectivity index (χ2v) is 6.32. The van der Waals surface area contributed by atoms with E-state index < -0.39 is 0 Å². The predicted octanol–water partition coefficient (Wildman–Crippen LogP) is 0.882. The molecule has 0 radical (unpaired) electrons. The highest BCUT2D eigenvalue weighted by Crippen LogP contribution is 2.23. The summed E-state index contributed by atoms with van der Waals surface area (Å²) >= 11 is 3.09. The molecule has 2 aromatic heterocycles. The fourth-order valence-electron chi connectivity index (χ4n) is 1.78. The summed E-state index contributed by atoms with van der Waals surface area (Å²) in [5.74, 6) is 12.9. The van der Waals surface area contributed by atoms with Gasteiger partial charge in [-0.15, -0.1) is 20.4 Å². The zero-order chi connectivity index (χ0) is 15.4. The molecule has 0 aliphatic carbocycles. The molecule has 0 spiro atoms. The molecule has 0 atom stereocenters. The molecule has 0 amide bonds. The Morgan fingerprint density at radius 2 is 1.36 bits per heavy atom. The first-order chi connectivity index (χ1) is 10.7. The standard InChI is InChI=1S/C12H14N8S2/c13-19-7-15-17-11(19)21-5-9-2-1-3-10(4-9)6-22-12-18-16-8-20(12)14/h1-4,7-8H,5-6,13-14H2. The minimum absolute atomic E-state index is 0.691. The van der Waals surface area contributed by atoms with Crippen LogP contribution in [0.4, 0.5) is 0 Å². The van der Waals surface area contributed by atoms with E-state index in [0.717, 1.165) is 11.5 Å². The lowest BCUT2D eigenvalue weighted by Gasteiger charge is -2.05. The van der Waals surface area contributed by atoms with Crippen molar-refractivity contribution < 1.29 is 0 Å². The molecule has 0 saturated heterocycles. The number of thioether (sulfide) groups is 2. The summed E-state index contributed by atoms with van der Waals surface area (Å²) in [6.07, 6.45) is 2.97. The van der Waals surface area contributed by atoms with Crippen LogP contribution >= 0.6 is 23.5 Å². The van der Waals surface area contributed by atoms with Gasteiger partial charge in [-0.1, -0.05) is 47.8 Å². The Hall–Kier alpha value is -2.20. The number of nitrogens with two attached hydrogens (primary N) is 2. The Morgan fingerprint density at radius 1 is 0.864 bits per heavy atom. The molecule has 0 saturated carbocycles. The van der Waals surface area contributed by atoms with Crippen LogP contribution in [0.25, 0.3) is 0 Å². The van der Waals surface area contributed by atoms with Crippen molar-refractivity contribution in [2.24, 2.45) is 0 Å². The summed E-state index contributed by atoms with van der Waals surface area (Å²) in [4.78, 5) is 0. The molecule has 0 fully saturated rings. The van der Waals surface area contributed by atoms with Gasteiger partial charge in [-0.2, -0.15) is 0 Å². The Kier molecular flexibility index (Phi) is 4.49. The first-order valence-corrected chi connectivity index (χ1v) is 8.33. The van der Waals surface area contributed by atoms with Crippen LogP contribution in [0.1, 0.15) is 11.1 Å². The van der Waals surface area contributed by atoms with Crippen LogP contribution in [0, 0.1) is 0 Å². The van der Waals surface area contributed by atoms with Crippen LogP contribution in [0.15, 0.2) is 47.2 Å². The van der Waals surface area contributed by atoms with E-state index in [0.29, 0.717) is 10.3 Å². The van der Waals surface area contributed by atoms with Gasteiger partial charge in [0, 0.05) is 11.5 Å². The topological polar surface area (TPSA) is 113 Å². The van der Waals surface area contributed by atoms with Gasteiger partial charge in [0.15, 0.2) is 0 Å². The van der Waals surface area contributed by atoms with Gasteiger partial charge < -0.3 is 11.7 Å². The van der Waals surface area contributed by atoms with Crippen molar-refractivity contribution in [2.75, 3.05) is 11.7 Å². The van der Waals surface area contributed by atoms with Gasteiger partial charge in [0.05, 0.1) is 0 Å². The van der Waals surface area contributed by atoms with Gasteiger partial charge in [0.25, 0.3) is 0 Å². The smallest absolute Gasteiger partial charge is 0.209 e. The number of aromatic nitrogens is 6. The SMILES string of the molecule is Nn1cnnc1SCc1cccc(CSc2nncn2N)c1. The largest absolute Gasteiger partial charge is 0.336 e. The summed E-state index contributed by atoms with van der Waals surface area (Å²) in [7, 11) is 0. The summed E-state index contributed by atoms with van der Waals surface area (Å²) in [5.41, 5.74) is 2.39. The fourth-order valence-corrected chi connectivity index (χ4v) is 3.33. The first-order valence-electron chi connectivity index (χ1n) is 6.36. The van der Waals surface area contributed by atoms with Gasteiger partial charge in [-0.3, -0.25) is 0 Å². The van der Waals surface area contributed by atoms with Crippen LogP contribution in [0.3, 0.4) is 0 Å². The summed E-state index contributed by atoms with van der Waals surface area (Å²) in [6.45, 7) is 0. The molecular formula is C12H14N8S2. The van der Waals surface area contributed by atoms with Crippen LogP contribution in [0.5, 0.6) is 0 Å². The third-order valence-corrected chi connectivity index (χ3v) is 4.86. The van der Waals surface area contributed by atoms with E-state index in [1.165, 1.54) is 33.1 Å². The third kappa shape index (κ3) is 3.52. The lowest BCUT2D eigenvalue weighted by molar-refractivity contribution is 0.845. The van der Waals surface area contributed by atoms with Crippen molar-refractivity contribution in [2.45, 2.75) is 21.8 Å². The van der Waals surface area contributed by atoms with E-state index in [4.69, 9.17) is 11.7 Å². The van der Waals surface area contributed by atoms with Gasteiger partial charge in [-0.05, 0) is 11.1 Å². The van der Waals surface area contributed by atoms with Gasteiger partial charge in [-0.25, -0.2) is 9.35 Å². The fraction of sp³-hybridized carbons (Fsp3) is 0.167. The third-order valence-electron chi connectivity index (χ3n) is 2.81. The monoisotopic (exact) mass is 334 g/mol. The normalized spacial score (nSPS) is 10.9. The van der Waals surface area contributed by atoms with Gasteiger partial charge >= 0.3 is 0 Å². The minimum atomic E-state index is 0.691. The molecule has 0 unspecified atom stereocenters. The second kappa shape index (κ2) is 6.71. The Balaban J connectivity index is 1.60. The van der Waals surface area contributed by atoms with E-state index in [2.05, 4.69) is 38.6 Å². The molecule has 3 aromatic rings. The number of nitrogen functional groups attached to an aromatic ring is 2. The number of rotatable bonds is 6. The highest BCUT2D eigenvalue weighted by Gasteiger charge is 2.05. The first kappa shape index (κ1) is 14.7. The highest BCUT2D eigenvalue weighted by atomic mass is 32.2. The summed E-state index contributed by atoms with van der Waals surface area (Å²) < 4.78 is 2.83. The van der Waals surface area contributed by atoms with Crippen molar-refractivity contribution in [3.05, 3.63) is 48.0 Å². The summed E-state index contributed by atoms with van der Waals surface area (Å²) in [5, 5.41) is 16.8. The molecule has 3 rings (SSSR count). The van der Waals surface area contributed by atoms with Crippen molar-refractivity contribution in [3.8, 4) is 0 Å². The molecule has 8 nitrogen and oxygen atoms in total. The molecule has 1 aromatic carbocycles. The minimum Gasteiger partial charge on any atom is -0.336 e.